The van der Waals surface area contributed by atoms with Crippen LogP contribution in [0.15, 0.2) is 23.0 Å². The van der Waals surface area contributed by atoms with Gasteiger partial charge in [-0.05, 0) is 85.2 Å². The number of aliphatic hydroxyl groups excluding tert-OH is 1. The monoisotopic (exact) mass is 332 g/mol. The van der Waals surface area contributed by atoms with Crippen molar-refractivity contribution in [2.24, 2.45) is 28.6 Å². The molecule has 0 amide bonds. The molecule has 0 radical (unpaired) electrons. The average molecular weight is 332 g/mol. The van der Waals surface area contributed by atoms with E-state index >= 15 is 0 Å². The molecular formula is C21H29FO2. The molecule has 5 atom stereocenters. The molecule has 0 saturated heterocycles. The molecule has 3 saturated carbocycles. The molecule has 4 aliphatic carbocycles. The molecule has 0 spiro atoms. The van der Waals surface area contributed by atoms with Crippen LogP contribution in [0.1, 0.15) is 65.2 Å². The highest BCUT2D eigenvalue weighted by Gasteiger charge is 2.58. The van der Waals surface area contributed by atoms with Crippen LogP contribution in [0.4, 0.5) is 4.39 Å². The lowest BCUT2D eigenvalue weighted by Gasteiger charge is -2.57. The second-order valence-corrected chi connectivity index (χ2v) is 9.01. The lowest BCUT2D eigenvalue weighted by molar-refractivity contribution is -0.117. The summed E-state index contributed by atoms with van der Waals surface area (Å²) in [6.07, 6.45) is 9.85. The number of halogens is 1. The Bertz CT molecular complexity index is 634. The molecule has 5 unspecified atom stereocenters. The lowest BCUT2D eigenvalue weighted by Crippen LogP contribution is -2.49. The Morgan fingerprint density at radius 1 is 1.12 bits per heavy atom. The topological polar surface area (TPSA) is 37.3 Å². The molecule has 0 aromatic rings. The molecule has 4 rings (SSSR count). The Morgan fingerprint density at radius 2 is 1.88 bits per heavy atom. The first kappa shape index (κ1) is 16.5. The number of rotatable bonds is 1. The zero-order chi connectivity index (χ0) is 17.1. The van der Waals surface area contributed by atoms with E-state index in [1.165, 1.54) is 5.57 Å². The fourth-order valence-electron chi connectivity index (χ4n) is 6.91. The van der Waals surface area contributed by atoms with E-state index in [9.17, 15) is 14.3 Å². The number of carbonyl (C=O) groups is 1. The van der Waals surface area contributed by atoms with E-state index in [0.717, 1.165) is 50.5 Å². The molecule has 0 heterocycles. The van der Waals surface area contributed by atoms with E-state index < -0.39 is 6.61 Å². The summed E-state index contributed by atoms with van der Waals surface area (Å²) in [5, 5.41) is 9.28. The number of hydrogen-bond acceptors (Lipinski definition) is 2. The molecule has 4 aliphatic rings. The summed E-state index contributed by atoms with van der Waals surface area (Å²) >= 11 is 0. The summed E-state index contributed by atoms with van der Waals surface area (Å²) in [5.41, 5.74) is 2.41. The van der Waals surface area contributed by atoms with E-state index in [1.807, 2.05) is 6.08 Å². The van der Waals surface area contributed by atoms with Crippen LogP contribution < -0.4 is 0 Å². The zero-order valence-electron chi connectivity index (χ0n) is 14.9. The van der Waals surface area contributed by atoms with Crippen molar-refractivity contribution >= 4 is 5.78 Å². The van der Waals surface area contributed by atoms with Crippen molar-refractivity contribution in [1.29, 1.82) is 0 Å². The first-order chi connectivity index (χ1) is 11.4. The highest BCUT2D eigenvalue weighted by molar-refractivity contribution is 5.91. The van der Waals surface area contributed by atoms with E-state index in [1.54, 1.807) is 0 Å². The summed E-state index contributed by atoms with van der Waals surface area (Å²) in [5.74, 6) is 1.85. The molecule has 0 aromatic carbocycles. The number of fused-ring (bicyclic) bond motifs is 5. The summed E-state index contributed by atoms with van der Waals surface area (Å²) < 4.78 is 14.2. The number of allylic oxidation sites excluding steroid dienone is 2. The second kappa shape index (κ2) is 5.52. The van der Waals surface area contributed by atoms with Crippen molar-refractivity contribution in [1.82, 2.24) is 0 Å². The average Bonchev–Trinajstić information content (AvgIpc) is 2.92. The third kappa shape index (κ3) is 2.13. The fraction of sp³-hybridized carbons (Fsp3) is 0.762. The van der Waals surface area contributed by atoms with Crippen molar-refractivity contribution in [2.45, 2.75) is 65.2 Å². The molecule has 0 bridgehead atoms. The van der Waals surface area contributed by atoms with Gasteiger partial charge in [-0.3, -0.25) is 4.79 Å². The van der Waals surface area contributed by atoms with Crippen molar-refractivity contribution < 1.29 is 14.3 Å². The maximum Gasteiger partial charge on any atom is 0.155 e. The number of ketones is 1. The molecule has 132 valence electrons. The van der Waals surface area contributed by atoms with Gasteiger partial charge in [-0.25, -0.2) is 4.39 Å². The molecule has 3 heteroatoms. The van der Waals surface area contributed by atoms with Crippen molar-refractivity contribution in [2.75, 3.05) is 6.61 Å². The summed E-state index contributed by atoms with van der Waals surface area (Å²) in [6, 6.07) is 0. The van der Waals surface area contributed by atoms with Gasteiger partial charge in [-0.1, -0.05) is 19.4 Å². The fourth-order valence-corrected chi connectivity index (χ4v) is 6.91. The van der Waals surface area contributed by atoms with E-state index in [4.69, 9.17) is 0 Å². The maximum atomic E-state index is 14.2. The molecule has 0 aliphatic heterocycles. The van der Waals surface area contributed by atoms with Crippen LogP contribution in [-0.4, -0.2) is 17.5 Å². The summed E-state index contributed by atoms with van der Waals surface area (Å²) in [6.45, 7) is 4.17. The summed E-state index contributed by atoms with van der Waals surface area (Å²) in [7, 11) is 0. The quantitative estimate of drug-likeness (QED) is 0.753. The van der Waals surface area contributed by atoms with Crippen LogP contribution in [0.25, 0.3) is 0 Å². The first-order valence-corrected chi connectivity index (χ1v) is 9.63. The Labute approximate surface area is 144 Å². The first-order valence-electron chi connectivity index (χ1n) is 9.63. The minimum Gasteiger partial charge on any atom is -0.389 e. The predicted octanol–water partition coefficient (Wildman–Crippen LogP) is 4.73. The molecular weight excluding hydrogens is 303 g/mol. The highest BCUT2D eigenvalue weighted by atomic mass is 19.1. The van der Waals surface area contributed by atoms with E-state index in [-0.39, 0.29) is 16.7 Å². The molecule has 3 fully saturated rings. The van der Waals surface area contributed by atoms with Gasteiger partial charge >= 0.3 is 0 Å². The van der Waals surface area contributed by atoms with Crippen LogP contribution >= 0.6 is 0 Å². The molecule has 2 nitrogen and oxygen atoms in total. The van der Waals surface area contributed by atoms with Crippen molar-refractivity contribution in [3.8, 4) is 0 Å². The van der Waals surface area contributed by atoms with Crippen LogP contribution in [-0.2, 0) is 4.79 Å². The maximum absolute atomic E-state index is 14.2. The van der Waals surface area contributed by atoms with Gasteiger partial charge in [0.2, 0.25) is 0 Å². The van der Waals surface area contributed by atoms with Gasteiger partial charge in [0.25, 0.3) is 0 Å². The van der Waals surface area contributed by atoms with Gasteiger partial charge in [-0.15, -0.1) is 0 Å². The van der Waals surface area contributed by atoms with Gasteiger partial charge in [-0.2, -0.15) is 0 Å². The SMILES string of the molecule is CC12CCC(=O)C=C1CCC1C2CCC2(C)/C(=C(/F)CO)CCC12. The molecule has 0 aromatic heterocycles. The van der Waals surface area contributed by atoms with Gasteiger partial charge in [0.1, 0.15) is 5.83 Å². The Balaban J connectivity index is 1.69. The number of aliphatic hydroxyl groups is 1. The normalized spacial score (nSPS) is 46.8. The zero-order valence-corrected chi connectivity index (χ0v) is 14.9. The number of carbonyl (C=O) groups excluding carboxylic acids is 1. The van der Waals surface area contributed by atoms with Gasteiger partial charge in [0.05, 0.1) is 6.61 Å². The third-order valence-corrected chi connectivity index (χ3v) is 8.21. The number of hydrogen-bond donors (Lipinski definition) is 1. The van der Waals surface area contributed by atoms with Crippen molar-refractivity contribution in [3.05, 3.63) is 23.0 Å². The van der Waals surface area contributed by atoms with Crippen LogP contribution in [0.2, 0.25) is 0 Å². The molecule has 24 heavy (non-hydrogen) atoms. The molecule has 1 N–H and O–H groups in total. The second-order valence-electron chi connectivity index (χ2n) is 9.01. The Hall–Kier alpha value is -0.960. The summed E-state index contributed by atoms with van der Waals surface area (Å²) in [4.78, 5) is 11.9. The Morgan fingerprint density at radius 3 is 2.62 bits per heavy atom. The largest absolute Gasteiger partial charge is 0.389 e. The van der Waals surface area contributed by atoms with Crippen LogP contribution in [0.5, 0.6) is 0 Å². The lowest BCUT2D eigenvalue weighted by atomic mass is 9.47. The Kier molecular flexibility index (Phi) is 3.80. The minimum atomic E-state index is -0.446. The van der Waals surface area contributed by atoms with Crippen LogP contribution in [0.3, 0.4) is 0 Å². The van der Waals surface area contributed by atoms with Crippen LogP contribution in [0, 0.1) is 28.6 Å². The highest BCUT2D eigenvalue weighted by Crippen LogP contribution is 2.66. The van der Waals surface area contributed by atoms with Crippen molar-refractivity contribution in [3.63, 3.8) is 0 Å². The van der Waals surface area contributed by atoms with E-state index in [2.05, 4.69) is 13.8 Å². The van der Waals surface area contributed by atoms with Gasteiger partial charge in [0, 0.05) is 6.42 Å². The van der Waals surface area contributed by atoms with Gasteiger partial charge < -0.3 is 5.11 Å². The van der Waals surface area contributed by atoms with E-state index in [0.29, 0.717) is 30.0 Å². The third-order valence-electron chi connectivity index (χ3n) is 8.21. The standard InChI is InChI=1S/C21H29FO2/c1-20-9-7-14(24)11-13(20)3-4-15-16-5-6-18(19(22)12-23)21(16,2)10-8-17(15)20/h11,15-17,23H,3-10,12H2,1-2H3/b19-18+. The van der Waals surface area contributed by atoms with Gasteiger partial charge in [0.15, 0.2) is 5.78 Å². The smallest absolute Gasteiger partial charge is 0.155 e. The minimum absolute atomic E-state index is 0.0595. The predicted molar refractivity (Wildman–Crippen MR) is 91.9 cm³/mol.